The molecule has 3 rings (SSSR count). The van der Waals surface area contributed by atoms with Crippen molar-refractivity contribution in [3.8, 4) is 0 Å². The van der Waals surface area contributed by atoms with Crippen LogP contribution in [0.2, 0.25) is 0 Å². The highest BCUT2D eigenvalue weighted by Crippen LogP contribution is 2.39. The van der Waals surface area contributed by atoms with E-state index >= 15 is 0 Å². The van der Waals surface area contributed by atoms with E-state index in [0.717, 1.165) is 32.5 Å². The van der Waals surface area contributed by atoms with Crippen molar-refractivity contribution in [1.29, 1.82) is 0 Å². The third kappa shape index (κ3) is 2.21. The number of aromatic nitrogens is 1. The lowest BCUT2D eigenvalue weighted by Gasteiger charge is -2.47. The van der Waals surface area contributed by atoms with Crippen LogP contribution in [0.4, 0.5) is 0 Å². The van der Waals surface area contributed by atoms with Crippen LogP contribution in [0.15, 0.2) is 18.3 Å². The summed E-state index contributed by atoms with van der Waals surface area (Å²) in [6, 6.07) is 4.30. The van der Waals surface area contributed by atoms with Gasteiger partial charge in [0.05, 0.1) is 5.60 Å². The zero-order chi connectivity index (χ0) is 12.6. The molecule has 1 aliphatic heterocycles. The van der Waals surface area contributed by atoms with Gasteiger partial charge in [0.15, 0.2) is 0 Å². The van der Waals surface area contributed by atoms with Crippen LogP contribution in [0.5, 0.6) is 0 Å². The normalized spacial score (nSPS) is 33.3. The molecule has 1 saturated carbocycles. The van der Waals surface area contributed by atoms with E-state index in [-0.39, 0.29) is 5.60 Å². The number of hydrogen-bond donors (Lipinski definition) is 1. The van der Waals surface area contributed by atoms with Gasteiger partial charge < -0.3 is 9.67 Å². The molecule has 3 heteroatoms. The molecule has 1 saturated heterocycles. The molecule has 2 aliphatic rings. The predicted molar refractivity (Wildman–Crippen MR) is 72.2 cm³/mol. The van der Waals surface area contributed by atoms with Gasteiger partial charge in [-0.05, 0) is 31.4 Å². The minimum atomic E-state index is -0.344. The van der Waals surface area contributed by atoms with E-state index in [1.54, 1.807) is 0 Å². The SMILES string of the molecule is Cn1cccc1CN1CCC2(O)CCCCC2C1. The number of piperidine rings is 1. The summed E-state index contributed by atoms with van der Waals surface area (Å²) in [4.78, 5) is 2.51. The van der Waals surface area contributed by atoms with Gasteiger partial charge in [-0.15, -0.1) is 0 Å². The van der Waals surface area contributed by atoms with Gasteiger partial charge >= 0.3 is 0 Å². The Morgan fingerprint density at radius 3 is 3.06 bits per heavy atom. The van der Waals surface area contributed by atoms with Crippen molar-refractivity contribution in [2.75, 3.05) is 13.1 Å². The van der Waals surface area contributed by atoms with Crippen LogP contribution in [0, 0.1) is 5.92 Å². The lowest BCUT2D eigenvalue weighted by Crippen LogP contribution is -2.53. The van der Waals surface area contributed by atoms with Crippen LogP contribution >= 0.6 is 0 Å². The van der Waals surface area contributed by atoms with Gasteiger partial charge in [0.2, 0.25) is 0 Å². The largest absolute Gasteiger partial charge is 0.390 e. The molecule has 2 atom stereocenters. The van der Waals surface area contributed by atoms with E-state index in [9.17, 15) is 5.11 Å². The average Bonchev–Trinajstić information content (AvgIpc) is 2.75. The molecular formula is C15H24N2O. The summed E-state index contributed by atoms with van der Waals surface area (Å²) < 4.78 is 2.20. The van der Waals surface area contributed by atoms with Gasteiger partial charge in [-0.2, -0.15) is 0 Å². The van der Waals surface area contributed by atoms with Crippen molar-refractivity contribution in [2.45, 2.75) is 44.2 Å². The zero-order valence-electron chi connectivity index (χ0n) is 11.3. The summed E-state index contributed by atoms with van der Waals surface area (Å²) in [5.41, 5.74) is 1.03. The number of nitrogens with zero attached hydrogens (tertiary/aromatic N) is 2. The maximum absolute atomic E-state index is 10.7. The third-order valence-electron chi connectivity index (χ3n) is 4.95. The topological polar surface area (TPSA) is 28.4 Å². The molecule has 0 spiro atoms. The molecule has 2 heterocycles. The summed E-state index contributed by atoms with van der Waals surface area (Å²) in [6.45, 7) is 3.13. The summed E-state index contributed by atoms with van der Waals surface area (Å²) in [7, 11) is 2.11. The molecule has 2 unspecified atom stereocenters. The number of likely N-dealkylation sites (tertiary alicyclic amines) is 1. The second-order valence-corrected chi connectivity index (χ2v) is 6.14. The first-order valence-electron chi connectivity index (χ1n) is 7.22. The van der Waals surface area contributed by atoms with Crippen molar-refractivity contribution in [2.24, 2.45) is 13.0 Å². The molecule has 1 aromatic heterocycles. The third-order valence-corrected chi connectivity index (χ3v) is 4.95. The minimum Gasteiger partial charge on any atom is -0.390 e. The Morgan fingerprint density at radius 2 is 2.28 bits per heavy atom. The Hall–Kier alpha value is -0.800. The first-order chi connectivity index (χ1) is 8.67. The minimum absolute atomic E-state index is 0.344. The second kappa shape index (κ2) is 4.71. The molecule has 100 valence electrons. The fourth-order valence-electron chi connectivity index (χ4n) is 3.67. The monoisotopic (exact) mass is 248 g/mol. The van der Waals surface area contributed by atoms with Crippen LogP contribution in [-0.4, -0.2) is 33.3 Å². The van der Waals surface area contributed by atoms with E-state index < -0.39 is 0 Å². The lowest BCUT2D eigenvalue weighted by molar-refractivity contribution is -0.0970. The Balaban J connectivity index is 1.65. The van der Waals surface area contributed by atoms with Gasteiger partial charge in [0, 0.05) is 44.5 Å². The molecule has 0 bridgehead atoms. The Morgan fingerprint density at radius 1 is 1.39 bits per heavy atom. The summed E-state index contributed by atoms with van der Waals surface area (Å²) in [5.74, 6) is 0.500. The van der Waals surface area contributed by atoms with Gasteiger partial charge in [0.1, 0.15) is 0 Å². The van der Waals surface area contributed by atoms with Gasteiger partial charge in [-0.1, -0.05) is 12.8 Å². The molecule has 3 nitrogen and oxygen atoms in total. The van der Waals surface area contributed by atoms with Crippen LogP contribution < -0.4 is 0 Å². The molecule has 1 N–H and O–H groups in total. The molecule has 1 aliphatic carbocycles. The number of hydrogen-bond acceptors (Lipinski definition) is 2. The summed E-state index contributed by atoms with van der Waals surface area (Å²) in [5, 5.41) is 10.7. The maximum Gasteiger partial charge on any atom is 0.0700 e. The first-order valence-corrected chi connectivity index (χ1v) is 7.22. The van der Waals surface area contributed by atoms with Crippen molar-refractivity contribution in [1.82, 2.24) is 9.47 Å². The van der Waals surface area contributed by atoms with E-state index in [1.807, 2.05) is 0 Å². The molecule has 2 fully saturated rings. The van der Waals surface area contributed by atoms with Crippen molar-refractivity contribution >= 4 is 0 Å². The number of rotatable bonds is 2. The smallest absolute Gasteiger partial charge is 0.0700 e. The Labute approximate surface area is 109 Å². The maximum atomic E-state index is 10.7. The highest BCUT2D eigenvalue weighted by atomic mass is 16.3. The number of aliphatic hydroxyl groups is 1. The zero-order valence-corrected chi connectivity index (χ0v) is 11.3. The van der Waals surface area contributed by atoms with E-state index in [4.69, 9.17) is 0 Å². The molecule has 0 aromatic carbocycles. The van der Waals surface area contributed by atoms with Gasteiger partial charge in [-0.25, -0.2) is 0 Å². The Kier molecular flexibility index (Phi) is 3.20. The Bertz CT molecular complexity index is 414. The number of fused-ring (bicyclic) bond motifs is 1. The lowest BCUT2D eigenvalue weighted by atomic mass is 9.71. The summed E-state index contributed by atoms with van der Waals surface area (Å²) >= 11 is 0. The summed E-state index contributed by atoms with van der Waals surface area (Å²) in [6.07, 6.45) is 7.81. The van der Waals surface area contributed by atoms with Crippen LogP contribution in [0.3, 0.4) is 0 Å². The highest BCUT2D eigenvalue weighted by molar-refractivity contribution is 5.07. The van der Waals surface area contributed by atoms with E-state index in [2.05, 4.69) is 34.8 Å². The average molecular weight is 248 g/mol. The molecule has 1 aromatic rings. The standard InChI is InChI=1S/C15H24N2O/c1-16-9-4-6-14(16)12-17-10-8-15(18)7-3-2-5-13(15)11-17/h4,6,9,13,18H,2-3,5,7-8,10-12H2,1H3. The molecule has 18 heavy (non-hydrogen) atoms. The van der Waals surface area contributed by atoms with E-state index in [0.29, 0.717) is 5.92 Å². The highest BCUT2D eigenvalue weighted by Gasteiger charge is 2.42. The van der Waals surface area contributed by atoms with Gasteiger partial charge in [0.25, 0.3) is 0 Å². The fourth-order valence-corrected chi connectivity index (χ4v) is 3.67. The van der Waals surface area contributed by atoms with Crippen LogP contribution in [-0.2, 0) is 13.6 Å². The first kappa shape index (κ1) is 12.2. The second-order valence-electron chi connectivity index (χ2n) is 6.14. The van der Waals surface area contributed by atoms with Crippen LogP contribution in [0.1, 0.15) is 37.8 Å². The fraction of sp³-hybridized carbons (Fsp3) is 0.733. The molecule has 0 amide bonds. The van der Waals surface area contributed by atoms with E-state index in [1.165, 1.54) is 25.0 Å². The quantitative estimate of drug-likeness (QED) is 0.868. The van der Waals surface area contributed by atoms with Crippen molar-refractivity contribution < 1.29 is 5.11 Å². The van der Waals surface area contributed by atoms with Crippen molar-refractivity contribution in [3.63, 3.8) is 0 Å². The van der Waals surface area contributed by atoms with Gasteiger partial charge in [-0.3, -0.25) is 4.90 Å². The van der Waals surface area contributed by atoms with Crippen molar-refractivity contribution in [3.05, 3.63) is 24.0 Å². The predicted octanol–water partition coefficient (Wildman–Crippen LogP) is 2.15. The number of aryl methyl sites for hydroxylation is 1. The molecular weight excluding hydrogens is 224 g/mol. The van der Waals surface area contributed by atoms with Crippen LogP contribution in [0.25, 0.3) is 0 Å². The molecule has 0 radical (unpaired) electrons.